The fourth-order valence-electron chi connectivity index (χ4n) is 2.80. The molecule has 0 spiro atoms. The topological polar surface area (TPSA) is 114 Å². The molecule has 3 aromatic heterocycles. The molecule has 3 aromatic rings. The van der Waals surface area contributed by atoms with Crippen LogP contribution in [-0.4, -0.2) is 59.8 Å². The number of nitrogens with zero attached hydrogens (tertiary/aromatic N) is 4. The molecule has 1 aliphatic heterocycles. The zero-order valence-electron chi connectivity index (χ0n) is 11.9. The van der Waals surface area contributed by atoms with Crippen LogP contribution in [0.4, 0.5) is 0 Å². The first-order chi connectivity index (χ1) is 11.2. The molecule has 0 bridgehead atoms. The fourth-order valence-corrected chi connectivity index (χ4v) is 3.44. The number of ether oxygens (including phenoxy) is 1. The lowest BCUT2D eigenvalue weighted by atomic mass is 10.1. The van der Waals surface area contributed by atoms with E-state index in [1.165, 1.54) is 17.7 Å². The summed E-state index contributed by atoms with van der Waals surface area (Å²) in [4.78, 5) is 12.8. The van der Waals surface area contributed by atoms with Crippen LogP contribution in [0.15, 0.2) is 30.2 Å². The van der Waals surface area contributed by atoms with Gasteiger partial charge >= 0.3 is 0 Å². The van der Waals surface area contributed by atoms with Crippen LogP contribution in [-0.2, 0) is 4.74 Å². The van der Waals surface area contributed by atoms with Crippen molar-refractivity contribution in [1.29, 1.82) is 0 Å². The predicted octanol–water partition coefficient (Wildman–Crippen LogP) is 0.166. The van der Waals surface area contributed by atoms with Crippen molar-refractivity contribution in [2.45, 2.75) is 24.5 Å². The molecule has 0 radical (unpaired) electrons. The normalized spacial score (nSPS) is 27.8. The van der Waals surface area contributed by atoms with Crippen LogP contribution < -0.4 is 0 Å². The standard InChI is InChI=1S/C14H14N4O4S/c19-5-8-10(20)11(21)14(22-8)18-3-1-7-9(13-15-2-4-23-13)16-6-17-12(7)18/h1-4,6,8,10-11,14,19-21H,5H2/t8-,10-,11-,14-/m1/s1. The number of fused-ring (bicyclic) bond motifs is 1. The van der Waals surface area contributed by atoms with Gasteiger partial charge in [0.15, 0.2) is 6.23 Å². The van der Waals surface area contributed by atoms with Crippen LogP contribution in [0.25, 0.3) is 21.7 Å². The molecule has 0 unspecified atom stereocenters. The molecule has 120 valence electrons. The van der Waals surface area contributed by atoms with Gasteiger partial charge in [-0.25, -0.2) is 15.0 Å². The summed E-state index contributed by atoms with van der Waals surface area (Å²) in [5.41, 5.74) is 1.27. The average molecular weight is 334 g/mol. The maximum Gasteiger partial charge on any atom is 0.164 e. The highest BCUT2D eigenvalue weighted by atomic mass is 32.1. The second-order valence-electron chi connectivity index (χ2n) is 5.25. The number of hydrogen-bond acceptors (Lipinski definition) is 8. The van der Waals surface area contributed by atoms with E-state index in [1.807, 2.05) is 11.4 Å². The number of aliphatic hydroxyl groups is 3. The quantitative estimate of drug-likeness (QED) is 0.625. The SMILES string of the molecule is OC[C@H]1O[C@@H](n2ccc3c(-c4nccs4)ncnc32)[C@H](O)[C@@H]1O. The van der Waals surface area contributed by atoms with E-state index in [1.54, 1.807) is 17.0 Å². The Hall–Kier alpha value is -1.91. The van der Waals surface area contributed by atoms with Crippen molar-refractivity contribution >= 4 is 22.4 Å². The van der Waals surface area contributed by atoms with Crippen molar-refractivity contribution < 1.29 is 20.1 Å². The highest BCUT2D eigenvalue weighted by molar-refractivity contribution is 7.13. The van der Waals surface area contributed by atoms with Crippen molar-refractivity contribution in [1.82, 2.24) is 19.5 Å². The summed E-state index contributed by atoms with van der Waals surface area (Å²) in [6.45, 7) is -0.368. The molecule has 4 heterocycles. The Kier molecular flexibility index (Phi) is 3.58. The molecule has 0 amide bonds. The Labute approximate surface area is 134 Å². The number of aliphatic hydroxyl groups excluding tert-OH is 3. The number of hydrogen-bond donors (Lipinski definition) is 3. The van der Waals surface area contributed by atoms with E-state index >= 15 is 0 Å². The number of thiazole rings is 1. The highest BCUT2D eigenvalue weighted by Gasteiger charge is 2.43. The Morgan fingerprint density at radius 2 is 2.09 bits per heavy atom. The first-order valence-corrected chi connectivity index (χ1v) is 7.92. The van der Waals surface area contributed by atoms with Gasteiger partial charge in [0, 0.05) is 23.2 Å². The maximum atomic E-state index is 10.2. The molecular formula is C14H14N4O4S. The summed E-state index contributed by atoms with van der Waals surface area (Å²) < 4.78 is 7.19. The molecule has 1 aliphatic rings. The molecule has 23 heavy (non-hydrogen) atoms. The monoisotopic (exact) mass is 334 g/mol. The number of rotatable bonds is 3. The van der Waals surface area contributed by atoms with Gasteiger partial charge in [0.1, 0.15) is 41.0 Å². The van der Waals surface area contributed by atoms with E-state index in [9.17, 15) is 15.3 Å². The van der Waals surface area contributed by atoms with Crippen molar-refractivity contribution in [2.24, 2.45) is 0 Å². The third-order valence-corrected chi connectivity index (χ3v) is 4.72. The molecule has 8 nitrogen and oxygen atoms in total. The van der Waals surface area contributed by atoms with Crippen molar-refractivity contribution in [3.8, 4) is 10.7 Å². The molecule has 0 saturated carbocycles. The highest BCUT2D eigenvalue weighted by Crippen LogP contribution is 2.34. The molecular weight excluding hydrogens is 320 g/mol. The van der Waals surface area contributed by atoms with Crippen LogP contribution in [0.5, 0.6) is 0 Å². The Morgan fingerprint density at radius 3 is 2.78 bits per heavy atom. The second kappa shape index (κ2) is 5.62. The molecule has 4 atom stereocenters. The smallest absolute Gasteiger partial charge is 0.164 e. The molecule has 4 rings (SSSR count). The maximum absolute atomic E-state index is 10.2. The zero-order valence-corrected chi connectivity index (χ0v) is 12.7. The summed E-state index contributed by atoms with van der Waals surface area (Å²) in [5.74, 6) is 0. The third kappa shape index (κ3) is 2.25. The van der Waals surface area contributed by atoms with Gasteiger partial charge in [-0.1, -0.05) is 0 Å². The van der Waals surface area contributed by atoms with Gasteiger partial charge in [-0.05, 0) is 6.07 Å². The molecule has 3 N–H and O–H groups in total. The minimum Gasteiger partial charge on any atom is -0.394 e. The second-order valence-corrected chi connectivity index (χ2v) is 6.14. The Balaban J connectivity index is 1.80. The van der Waals surface area contributed by atoms with Crippen molar-refractivity contribution in [3.63, 3.8) is 0 Å². The van der Waals surface area contributed by atoms with Crippen molar-refractivity contribution in [3.05, 3.63) is 30.2 Å². The van der Waals surface area contributed by atoms with Gasteiger partial charge < -0.3 is 24.6 Å². The van der Waals surface area contributed by atoms with Crippen LogP contribution in [0.3, 0.4) is 0 Å². The van der Waals surface area contributed by atoms with E-state index in [0.29, 0.717) is 11.3 Å². The van der Waals surface area contributed by atoms with Crippen LogP contribution in [0.1, 0.15) is 6.23 Å². The Morgan fingerprint density at radius 1 is 1.22 bits per heavy atom. The molecule has 0 aromatic carbocycles. The molecule has 1 fully saturated rings. The first-order valence-electron chi connectivity index (χ1n) is 7.04. The third-order valence-electron chi connectivity index (χ3n) is 3.94. The van der Waals surface area contributed by atoms with Crippen LogP contribution in [0, 0.1) is 0 Å². The van der Waals surface area contributed by atoms with Crippen LogP contribution in [0.2, 0.25) is 0 Å². The summed E-state index contributed by atoms with van der Waals surface area (Å²) in [7, 11) is 0. The first kappa shape index (κ1) is 14.7. The lowest BCUT2D eigenvalue weighted by Crippen LogP contribution is -2.33. The van der Waals surface area contributed by atoms with E-state index < -0.39 is 24.5 Å². The van der Waals surface area contributed by atoms with Gasteiger partial charge in [-0.15, -0.1) is 11.3 Å². The van der Waals surface area contributed by atoms with E-state index in [2.05, 4.69) is 15.0 Å². The zero-order chi connectivity index (χ0) is 16.0. The minimum absolute atomic E-state index is 0.368. The number of aromatic nitrogens is 4. The van der Waals surface area contributed by atoms with Gasteiger partial charge in [-0.3, -0.25) is 0 Å². The van der Waals surface area contributed by atoms with Gasteiger partial charge in [0.2, 0.25) is 0 Å². The van der Waals surface area contributed by atoms with E-state index in [4.69, 9.17) is 4.74 Å². The van der Waals surface area contributed by atoms with Gasteiger partial charge in [0.05, 0.1) is 6.61 Å². The Bertz CT molecular complexity index is 821. The largest absolute Gasteiger partial charge is 0.394 e. The summed E-state index contributed by atoms with van der Waals surface area (Å²) in [6.07, 6.45) is 0.903. The minimum atomic E-state index is -1.15. The van der Waals surface area contributed by atoms with Gasteiger partial charge in [0.25, 0.3) is 0 Å². The lowest BCUT2D eigenvalue weighted by molar-refractivity contribution is -0.0508. The predicted molar refractivity (Wildman–Crippen MR) is 81.6 cm³/mol. The lowest BCUT2D eigenvalue weighted by Gasteiger charge is -2.17. The van der Waals surface area contributed by atoms with E-state index in [0.717, 1.165) is 10.4 Å². The fraction of sp³-hybridized carbons (Fsp3) is 0.357. The average Bonchev–Trinajstić information content (AvgIpc) is 3.28. The molecule has 0 aliphatic carbocycles. The van der Waals surface area contributed by atoms with Crippen molar-refractivity contribution in [2.75, 3.05) is 6.61 Å². The summed E-state index contributed by atoms with van der Waals surface area (Å²) in [5, 5.41) is 32.7. The van der Waals surface area contributed by atoms with Crippen LogP contribution >= 0.6 is 11.3 Å². The summed E-state index contributed by atoms with van der Waals surface area (Å²) in [6, 6.07) is 1.82. The van der Waals surface area contributed by atoms with E-state index in [-0.39, 0.29) is 6.61 Å². The summed E-state index contributed by atoms with van der Waals surface area (Å²) >= 11 is 1.47. The molecule has 1 saturated heterocycles. The van der Waals surface area contributed by atoms with Gasteiger partial charge in [-0.2, -0.15) is 0 Å². The molecule has 9 heteroatoms.